The maximum atomic E-state index is 12.1. The first-order valence-electron chi connectivity index (χ1n) is 7.09. The second-order valence-electron chi connectivity index (χ2n) is 6.25. The van der Waals surface area contributed by atoms with Gasteiger partial charge in [-0.2, -0.15) is 0 Å². The highest BCUT2D eigenvalue weighted by Gasteiger charge is 2.14. The molecule has 1 N–H and O–H groups in total. The van der Waals surface area contributed by atoms with Gasteiger partial charge in [-0.25, -0.2) is 4.98 Å². The van der Waals surface area contributed by atoms with Gasteiger partial charge in [-0.05, 0) is 30.0 Å². The van der Waals surface area contributed by atoms with E-state index >= 15 is 0 Å². The molecule has 2 aromatic rings. The second kappa shape index (κ2) is 5.72. The molecule has 0 bridgehead atoms. The van der Waals surface area contributed by atoms with E-state index in [1.54, 1.807) is 6.92 Å². The first kappa shape index (κ1) is 15.3. The molecule has 1 amide bonds. The van der Waals surface area contributed by atoms with Gasteiger partial charge in [-0.15, -0.1) is 0 Å². The molecule has 0 fully saturated rings. The topological polar surface area (TPSA) is 55.1 Å². The first-order chi connectivity index (χ1) is 9.77. The molecular formula is C17H22N2O2. The number of carbonyl (C=O) groups is 1. The van der Waals surface area contributed by atoms with Crippen molar-refractivity contribution in [3.8, 4) is 0 Å². The predicted octanol–water partition coefficient (Wildman–Crippen LogP) is 3.52. The van der Waals surface area contributed by atoms with Crippen molar-refractivity contribution in [2.75, 3.05) is 0 Å². The lowest BCUT2D eigenvalue weighted by molar-refractivity contribution is 0.0947. The largest absolute Gasteiger partial charge is 0.444 e. The average molecular weight is 286 g/mol. The molecule has 4 nitrogen and oxygen atoms in total. The van der Waals surface area contributed by atoms with Crippen LogP contribution in [-0.2, 0) is 12.0 Å². The SMILES string of the molecule is Cc1nc(C)c(CNC(=O)c2ccc(C(C)(C)C)cc2)o1. The smallest absolute Gasteiger partial charge is 0.251 e. The molecule has 2 rings (SSSR count). The van der Waals surface area contributed by atoms with Crippen LogP contribution in [0.25, 0.3) is 0 Å². The van der Waals surface area contributed by atoms with E-state index in [-0.39, 0.29) is 11.3 Å². The van der Waals surface area contributed by atoms with Crippen LogP contribution in [0.2, 0.25) is 0 Å². The number of amides is 1. The molecule has 0 radical (unpaired) electrons. The van der Waals surface area contributed by atoms with Gasteiger partial charge in [0.1, 0.15) is 5.76 Å². The van der Waals surface area contributed by atoms with Gasteiger partial charge in [0.15, 0.2) is 5.89 Å². The number of nitrogens with zero attached hydrogens (tertiary/aromatic N) is 1. The summed E-state index contributed by atoms with van der Waals surface area (Å²) in [6, 6.07) is 7.71. The van der Waals surface area contributed by atoms with Crippen molar-refractivity contribution < 1.29 is 9.21 Å². The van der Waals surface area contributed by atoms with Crippen molar-refractivity contribution in [1.82, 2.24) is 10.3 Å². The van der Waals surface area contributed by atoms with Crippen molar-refractivity contribution in [2.45, 2.75) is 46.6 Å². The fraction of sp³-hybridized carbons (Fsp3) is 0.412. The van der Waals surface area contributed by atoms with Crippen molar-refractivity contribution >= 4 is 5.91 Å². The summed E-state index contributed by atoms with van der Waals surface area (Å²) in [6.07, 6.45) is 0. The minimum atomic E-state index is -0.107. The Bertz CT molecular complexity index is 634. The van der Waals surface area contributed by atoms with E-state index < -0.39 is 0 Å². The van der Waals surface area contributed by atoms with Crippen LogP contribution in [0.5, 0.6) is 0 Å². The number of nitrogens with one attached hydrogen (secondary N) is 1. The Morgan fingerprint density at radius 2 is 1.81 bits per heavy atom. The van der Waals surface area contributed by atoms with Crippen LogP contribution in [0.1, 0.15) is 54.0 Å². The number of hydrogen-bond donors (Lipinski definition) is 1. The summed E-state index contributed by atoms with van der Waals surface area (Å²) < 4.78 is 5.44. The molecule has 1 aromatic carbocycles. The quantitative estimate of drug-likeness (QED) is 0.939. The maximum absolute atomic E-state index is 12.1. The summed E-state index contributed by atoms with van der Waals surface area (Å²) in [7, 11) is 0. The van der Waals surface area contributed by atoms with Gasteiger partial charge in [0.05, 0.1) is 12.2 Å². The van der Waals surface area contributed by atoms with E-state index in [0.29, 0.717) is 23.8 Å². The van der Waals surface area contributed by atoms with Crippen molar-refractivity contribution in [3.63, 3.8) is 0 Å². The van der Waals surface area contributed by atoms with Crippen LogP contribution in [0.15, 0.2) is 28.7 Å². The first-order valence-corrected chi connectivity index (χ1v) is 7.09. The molecule has 4 heteroatoms. The summed E-state index contributed by atoms with van der Waals surface area (Å²) in [4.78, 5) is 16.3. The van der Waals surface area contributed by atoms with Gasteiger partial charge in [-0.1, -0.05) is 32.9 Å². The molecule has 1 aromatic heterocycles. The minimum Gasteiger partial charge on any atom is -0.444 e. The van der Waals surface area contributed by atoms with E-state index in [4.69, 9.17) is 4.42 Å². The molecule has 0 atom stereocenters. The zero-order valence-electron chi connectivity index (χ0n) is 13.3. The third-order valence-electron chi connectivity index (χ3n) is 3.42. The van der Waals surface area contributed by atoms with Gasteiger partial charge in [0.25, 0.3) is 5.91 Å². The summed E-state index contributed by atoms with van der Waals surface area (Å²) in [5.74, 6) is 1.21. The highest BCUT2D eigenvalue weighted by Crippen LogP contribution is 2.22. The Morgan fingerprint density at radius 3 is 2.29 bits per heavy atom. The fourth-order valence-corrected chi connectivity index (χ4v) is 2.12. The van der Waals surface area contributed by atoms with Crippen LogP contribution >= 0.6 is 0 Å². The molecule has 0 aliphatic rings. The Labute approximate surface area is 125 Å². The molecular weight excluding hydrogens is 264 g/mol. The van der Waals surface area contributed by atoms with Crippen LogP contribution < -0.4 is 5.32 Å². The van der Waals surface area contributed by atoms with Gasteiger partial charge in [-0.3, -0.25) is 4.79 Å². The Morgan fingerprint density at radius 1 is 1.19 bits per heavy atom. The zero-order valence-corrected chi connectivity index (χ0v) is 13.3. The zero-order chi connectivity index (χ0) is 15.6. The third kappa shape index (κ3) is 3.72. The molecule has 112 valence electrons. The van der Waals surface area contributed by atoms with Crippen LogP contribution in [-0.4, -0.2) is 10.9 Å². The molecule has 0 aliphatic carbocycles. The summed E-state index contributed by atoms with van der Waals surface area (Å²) in [5.41, 5.74) is 2.76. The average Bonchev–Trinajstić information content (AvgIpc) is 2.73. The van der Waals surface area contributed by atoms with E-state index in [9.17, 15) is 4.79 Å². The van der Waals surface area contributed by atoms with Crippen LogP contribution in [0.3, 0.4) is 0 Å². The maximum Gasteiger partial charge on any atom is 0.251 e. The number of carbonyl (C=O) groups excluding carboxylic acids is 1. The second-order valence-corrected chi connectivity index (χ2v) is 6.25. The van der Waals surface area contributed by atoms with Crippen molar-refractivity contribution in [2.24, 2.45) is 0 Å². The number of benzene rings is 1. The monoisotopic (exact) mass is 286 g/mol. The highest BCUT2D eigenvalue weighted by atomic mass is 16.4. The molecule has 0 saturated carbocycles. The number of aromatic nitrogens is 1. The lowest BCUT2D eigenvalue weighted by Crippen LogP contribution is -2.23. The van der Waals surface area contributed by atoms with Gasteiger partial charge >= 0.3 is 0 Å². The van der Waals surface area contributed by atoms with E-state index in [1.807, 2.05) is 31.2 Å². The molecule has 0 aliphatic heterocycles. The summed E-state index contributed by atoms with van der Waals surface area (Å²) in [6.45, 7) is 10.5. The number of oxazole rings is 1. The number of rotatable bonds is 3. The summed E-state index contributed by atoms with van der Waals surface area (Å²) in [5, 5.41) is 2.85. The standard InChI is InChI=1S/C17H22N2O2/c1-11-15(21-12(2)19-11)10-18-16(20)13-6-8-14(9-7-13)17(3,4)5/h6-9H,10H2,1-5H3,(H,18,20). The van der Waals surface area contributed by atoms with E-state index in [0.717, 1.165) is 5.69 Å². The Kier molecular flexibility index (Phi) is 4.16. The van der Waals surface area contributed by atoms with Gasteiger partial charge in [0, 0.05) is 12.5 Å². The number of aryl methyl sites for hydroxylation is 2. The molecule has 0 spiro atoms. The Hall–Kier alpha value is -2.10. The van der Waals surface area contributed by atoms with Gasteiger partial charge in [0.2, 0.25) is 0 Å². The molecule has 0 saturated heterocycles. The molecule has 21 heavy (non-hydrogen) atoms. The van der Waals surface area contributed by atoms with Crippen LogP contribution in [0, 0.1) is 13.8 Å². The lowest BCUT2D eigenvalue weighted by Gasteiger charge is -2.19. The Balaban J connectivity index is 2.02. The minimum absolute atomic E-state index is 0.0868. The summed E-state index contributed by atoms with van der Waals surface area (Å²) >= 11 is 0. The lowest BCUT2D eigenvalue weighted by atomic mass is 9.87. The van der Waals surface area contributed by atoms with E-state index in [2.05, 4.69) is 31.1 Å². The van der Waals surface area contributed by atoms with Crippen molar-refractivity contribution in [3.05, 3.63) is 52.7 Å². The molecule has 0 unspecified atom stereocenters. The number of hydrogen-bond acceptors (Lipinski definition) is 3. The predicted molar refractivity (Wildman–Crippen MR) is 82.3 cm³/mol. The van der Waals surface area contributed by atoms with Gasteiger partial charge < -0.3 is 9.73 Å². The fourth-order valence-electron chi connectivity index (χ4n) is 2.12. The highest BCUT2D eigenvalue weighted by molar-refractivity contribution is 5.94. The third-order valence-corrected chi connectivity index (χ3v) is 3.42. The van der Waals surface area contributed by atoms with Crippen molar-refractivity contribution in [1.29, 1.82) is 0 Å². The van der Waals surface area contributed by atoms with Crippen LogP contribution in [0.4, 0.5) is 0 Å². The van der Waals surface area contributed by atoms with E-state index in [1.165, 1.54) is 5.56 Å². The normalized spacial score (nSPS) is 11.5. The molecule has 1 heterocycles.